The van der Waals surface area contributed by atoms with Crippen molar-refractivity contribution in [3.05, 3.63) is 59.1 Å². The van der Waals surface area contributed by atoms with Crippen molar-refractivity contribution in [2.45, 2.75) is 13.0 Å². The highest BCUT2D eigenvalue weighted by Crippen LogP contribution is 2.30. The van der Waals surface area contributed by atoms with Gasteiger partial charge in [0, 0.05) is 28.5 Å². The van der Waals surface area contributed by atoms with Crippen LogP contribution in [0.3, 0.4) is 0 Å². The maximum Gasteiger partial charge on any atom is 0.0702 e. The zero-order chi connectivity index (χ0) is 14.4. The summed E-state index contributed by atoms with van der Waals surface area (Å²) in [6.07, 6.45) is 0.405. The van der Waals surface area contributed by atoms with Gasteiger partial charge < -0.3 is 10.0 Å². The Kier molecular flexibility index (Phi) is 5.00. The molecule has 0 aliphatic heterocycles. The molecule has 2 aromatic rings. The topological polar surface area (TPSA) is 47.3 Å². The van der Waals surface area contributed by atoms with Crippen LogP contribution in [0.15, 0.2) is 48.5 Å². The van der Waals surface area contributed by atoms with E-state index >= 15 is 0 Å². The van der Waals surface area contributed by atoms with E-state index in [0.29, 0.717) is 18.0 Å². The van der Waals surface area contributed by atoms with Crippen molar-refractivity contribution in [3.8, 4) is 6.07 Å². The normalized spacial score (nSPS) is 10.1. The number of halogens is 1. The van der Waals surface area contributed by atoms with E-state index in [9.17, 15) is 5.11 Å². The number of nitrogens with zero attached hydrogens (tertiary/aromatic N) is 2. The van der Waals surface area contributed by atoms with Gasteiger partial charge in [-0.3, -0.25) is 0 Å². The number of benzene rings is 2. The predicted octanol–water partition coefficient (Wildman–Crippen LogP) is 3.88. The molecule has 0 aliphatic rings. The number of rotatable bonds is 5. The lowest BCUT2D eigenvalue weighted by atomic mass is 10.1. The summed E-state index contributed by atoms with van der Waals surface area (Å²) in [5.74, 6) is 0. The Morgan fingerprint density at radius 1 is 1.15 bits per heavy atom. The summed E-state index contributed by atoms with van der Waals surface area (Å²) in [7, 11) is 0. The van der Waals surface area contributed by atoms with Gasteiger partial charge in [0.15, 0.2) is 0 Å². The summed E-state index contributed by atoms with van der Waals surface area (Å²) in [5.41, 5.74) is 2.61. The van der Waals surface area contributed by atoms with Crippen molar-refractivity contribution in [2.24, 2.45) is 0 Å². The highest BCUT2D eigenvalue weighted by atomic mass is 35.5. The lowest BCUT2D eigenvalue weighted by Gasteiger charge is -2.26. The number of aliphatic hydroxyl groups excluding tert-OH is 1. The molecule has 4 heteroatoms. The third-order valence-electron chi connectivity index (χ3n) is 3.02. The molecule has 0 aliphatic carbocycles. The predicted molar refractivity (Wildman–Crippen MR) is 81.1 cm³/mol. The fourth-order valence-corrected chi connectivity index (χ4v) is 2.30. The van der Waals surface area contributed by atoms with Gasteiger partial charge in [-0.05, 0) is 30.3 Å². The Morgan fingerprint density at radius 3 is 2.55 bits per heavy atom. The first-order chi connectivity index (χ1) is 9.76. The second-order valence-corrected chi connectivity index (χ2v) is 4.76. The smallest absolute Gasteiger partial charge is 0.0702 e. The van der Waals surface area contributed by atoms with Gasteiger partial charge >= 0.3 is 0 Å². The van der Waals surface area contributed by atoms with Crippen LogP contribution in [-0.2, 0) is 6.61 Å². The van der Waals surface area contributed by atoms with E-state index in [1.54, 1.807) is 12.1 Å². The van der Waals surface area contributed by atoms with Crippen LogP contribution >= 0.6 is 11.6 Å². The molecule has 0 saturated heterocycles. The highest BCUT2D eigenvalue weighted by Gasteiger charge is 2.13. The summed E-state index contributed by atoms with van der Waals surface area (Å²) in [4.78, 5) is 2.02. The molecule has 1 N–H and O–H groups in total. The molecule has 0 radical (unpaired) electrons. The minimum absolute atomic E-state index is 0.0915. The van der Waals surface area contributed by atoms with Gasteiger partial charge in [0.05, 0.1) is 19.1 Å². The van der Waals surface area contributed by atoms with Crippen molar-refractivity contribution in [1.29, 1.82) is 5.26 Å². The molecule has 0 fully saturated rings. The van der Waals surface area contributed by atoms with Crippen LogP contribution in [0.25, 0.3) is 0 Å². The minimum Gasteiger partial charge on any atom is -0.392 e. The fourth-order valence-electron chi connectivity index (χ4n) is 2.10. The van der Waals surface area contributed by atoms with E-state index in [1.807, 2.05) is 41.3 Å². The molecule has 0 aromatic heterocycles. The summed E-state index contributed by atoms with van der Waals surface area (Å²) in [6.45, 7) is 0.473. The molecule has 0 bridgehead atoms. The molecule has 2 aromatic carbocycles. The van der Waals surface area contributed by atoms with Gasteiger partial charge in [0.2, 0.25) is 0 Å². The van der Waals surface area contributed by atoms with E-state index < -0.39 is 0 Å². The average molecular weight is 287 g/mol. The molecule has 0 atom stereocenters. The lowest BCUT2D eigenvalue weighted by Crippen LogP contribution is -2.19. The lowest BCUT2D eigenvalue weighted by molar-refractivity contribution is 0.282. The maximum atomic E-state index is 9.51. The first kappa shape index (κ1) is 14.4. The second-order valence-electron chi connectivity index (χ2n) is 4.33. The van der Waals surface area contributed by atoms with E-state index in [2.05, 4.69) is 6.07 Å². The van der Waals surface area contributed by atoms with Gasteiger partial charge in [-0.15, -0.1) is 0 Å². The van der Waals surface area contributed by atoms with Crippen molar-refractivity contribution in [3.63, 3.8) is 0 Å². The maximum absolute atomic E-state index is 9.51. The van der Waals surface area contributed by atoms with Gasteiger partial charge in [0.25, 0.3) is 0 Å². The monoisotopic (exact) mass is 286 g/mol. The molecule has 3 nitrogen and oxygen atoms in total. The van der Waals surface area contributed by atoms with Crippen molar-refractivity contribution in [1.82, 2.24) is 0 Å². The third kappa shape index (κ3) is 3.30. The first-order valence-electron chi connectivity index (χ1n) is 6.35. The van der Waals surface area contributed by atoms with Crippen molar-refractivity contribution in [2.75, 3.05) is 11.4 Å². The SMILES string of the molecule is N#CCCN(c1ccccc1)c1ccc(Cl)cc1CO. The summed E-state index contributed by atoms with van der Waals surface area (Å²) < 4.78 is 0. The molecule has 20 heavy (non-hydrogen) atoms. The summed E-state index contributed by atoms with van der Waals surface area (Å²) in [6, 6.07) is 17.4. The number of hydrogen-bond acceptors (Lipinski definition) is 3. The van der Waals surface area contributed by atoms with Crippen LogP contribution in [-0.4, -0.2) is 11.7 Å². The number of aliphatic hydroxyl groups is 1. The minimum atomic E-state index is -0.0915. The van der Waals surface area contributed by atoms with Crippen LogP contribution in [0.4, 0.5) is 11.4 Å². The molecule has 102 valence electrons. The number of nitriles is 1. The van der Waals surface area contributed by atoms with E-state index in [1.165, 1.54) is 0 Å². The molecule has 0 heterocycles. The van der Waals surface area contributed by atoms with Crippen LogP contribution in [0, 0.1) is 11.3 Å². The van der Waals surface area contributed by atoms with Gasteiger partial charge in [-0.1, -0.05) is 29.8 Å². The quantitative estimate of drug-likeness (QED) is 0.907. The van der Waals surface area contributed by atoms with Crippen molar-refractivity contribution >= 4 is 23.0 Å². The molecule has 0 saturated carbocycles. The third-order valence-corrected chi connectivity index (χ3v) is 3.25. The zero-order valence-corrected chi connectivity index (χ0v) is 11.7. The molecule has 0 spiro atoms. The van der Waals surface area contributed by atoms with Crippen molar-refractivity contribution < 1.29 is 5.11 Å². The Labute approximate surface area is 123 Å². The Bertz CT molecular complexity index is 608. The summed E-state index contributed by atoms with van der Waals surface area (Å²) >= 11 is 5.97. The number of hydrogen-bond donors (Lipinski definition) is 1. The molecular formula is C16H15ClN2O. The average Bonchev–Trinajstić information content (AvgIpc) is 2.49. The van der Waals surface area contributed by atoms with Gasteiger partial charge in [0.1, 0.15) is 0 Å². The van der Waals surface area contributed by atoms with Crippen LogP contribution in [0.2, 0.25) is 5.02 Å². The van der Waals surface area contributed by atoms with Crippen LogP contribution in [0.5, 0.6) is 0 Å². The van der Waals surface area contributed by atoms with Crippen LogP contribution < -0.4 is 4.90 Å². The standard InChI is InChI=1S/C16H15ClN2O/c17-14-7-8-16(13(11-14)12-20)19(10-4-9-18)15-5-2-1-3-6-15/h1-3,5-8,11,20H,4,10,12H2. The van der Waals surface area contributed by atoms with E-state index in [-0.39, 0.29) is 6.61 Å². The zero-order valence-electron chi connectivity index (χ0n) is 11.0. The Morgan fingerprint density at radius 2 is 1.90 bits per heavy atom. The molecule has 0 amide bonds. The molecular weight excluding hydrogens is 272 g/mol. The first-order valence-corrected chi connectivity index (χ1v) is 6.73. The van der Waals surface area contributed by atoms with Gasteiger partial charge in [-0.2, -0.15) is 5.26 Å². The summed E-state index contributed by atoms with van der Waals surface area (Å²) in [5, 5.41) is 18.9. The Hall–Kier alpha value is -2.02. The molecule has 2 rings (SSSR count). The largest absolute Gasteiger partial charge is 0.392 e. The van der Waals surface area contributed by atoms with E-state index in [4.69, 9.17) is 16.9 Å². The van der Waals surface area contributed by atoms with E-state index in [0.717, 1.165) is 16.9 Å². The van der Waals surface area contributed by atoms with Gasteiger partial charge in [-0.25, -0.2) is 0 Å². The fraction of sp³-hybridized carbons (Fsp3) is 0.188. The molecule has 0 unspecified atom stereocenters. The highest BCUT2D eigenvalue weighted by molar-refractivity contribution is 6.30. The van der Waals surface area contributed by atoms with Crippen LogP contribution in [0.1, 0.15) is 12.0 Å². The Balaban J connectivity index is 2.44. The number of anilines is 2. The second kappa shape index (κ2) is 6.95. The number of para-hydroxylation sites is 1.